The van der Waals surface area contributed by atoms with Gasteiger partial charge >= 0.3 is 0 Å². The number of hydrogen-bond donors (Lipinski definition) is 2. The van der Waals surface area contributed by atoms with Crippen molar-refractivity contribution in [2.75, 3.05) is 5.32 Å². The summed E-state index contributed by atoms with van der Waals surface area (Å²) < 4.78 is 0. The Morgan fingerprint density at radius 1 is 1.00 bits per heavy atom. The number of nitrogens with one attached hydrogen (secondary N) is 1. The molecule has 0 aliphatic heterocycles. The van der Waals surface area contributed by atoms with Gasteiger partial charge in [-0.1, -0.05) is 43.0 Å². The highest BCUT2D eigenvalue weighted by molar-refractivity contribution is 5.94. The van der Waals surface area contributed by atoms with Gasteiger partial charge in [-0.2, -0.15) is 0 Å². The second-order valence-corrected chi connectivity index (χ2v) is 2.88. The number of anilines is 1. The Morgan fingerprint density at radius 2 is 1.67 bits per heavy atom. The number of halogens is 1. The van der Waals surface area contributed by atoms with Crippen LogP contribution in [0.15, 0.2) is 55.2 Å². The fourth-order valence-corrected chi connectivity index (χ4v) is 1.46. The summed E-state index contributed by atoms with van der Waals surface area (Å²) in [6, 6.07) is 14.5. The van der Waals surface area contributed by atoms with Crippen LogP contribution >= 0.6 is 12.4 Å². The van der Waals surface area contributed by atoms with Gasteiger partial charge in [0.2, 0.25) is 0 Å². The molecule has 3 heteroatoms. The lowest BCUT2D eigenvalue weighted by Crippen LogP contribution is -1.86. The van der Waals surface area contributed by atoms with Crippen molar-refractivity contribution in [2.45, 2.75) is 0 Å². The highest BCUT2D eigenvalue weighted by Crippen LogP contribution is 2.22. The molecule has 0 bridgehead atoms. The van der Waals surface area contributed by atoms with Gasteiger partial charge in [-0.05, 0) is 17.7 Å². The summed E-state index contributed by atoms with van der Waals surface area (Å²) >= 11 is 0. The molecule has 80 valence electrons. The predicted octanol–water partition coefficient (Wildman–Crippen LogP) is 3.98. The van der Waals surface area contributed by atoms with Crippen molar-refractivity contribution in [1.29, 1.82) is 0 Å². The molecular formula is C12H15ClN2. The molecule has 0 radical (unpaired) electrons. The molecule has 0 aliphatic carbocycles. The smallest absolute Gasteiger partial charge is 0.0459 e. The molecule has 0 fully saturated rings. The maximum Gasteiger partial charge on any atom is 0.0459 e. The molecule has 2 rings (SSSR count). The monoisotopic (exact) mass is 222 g/mol. The Hall–Kier alpha value is -1.51. The maximum absolute atomic E-state index is 3.65. The number of rotatable bonds is 2. The Balaban J connectivity index is 0.000000980. The summed E-state index contributed by atoms with van der Waals surface area (Å²) in [5.41, 5.74) is 1.10. The van der Waals surface area contributed by atoms with Crippen molar-refractivity contribution in [3.8, 4) is 0 Å². The lowest BCUT2D eigenvalue weighted by Gasteiger charge is -2.04. The van der Waals surface area contributed by atoms with Crippen molar-refractivity contribution in [3.05, 3.63) is 55.2 Å². The van der Waals surface area contributed by atoms with Crippen LogP contribution in [-0.4, -0.2) is 0 Å². The number of hydrogen-bond acceptors (Lipinski definition) is 2. The summed E-state index contributed by atoms with van der Waals surface area (Å²) in [5, 5.41) is 5.59. The third-order valence-corrected chi connectivity index (χ3v) is 2.05. The van der Waals surface area contributed by atoms with Gasteiger partial charge in [-0.15, -0.1) is 12.4 Å². The first-order valence-corrected chi connectivity index (χ1v) is 4.27. The summed E-state index contributed by atoms with van der Waals surface area (Å²) in [5.74, 6) is 0. The predicted molar refractivity (Wildman–Crippen MR) is 70.0 cm³/mol. The van der Waals surface area contributed by atoms with Crippen LogP contribution in [0.25, 0.3) is 10.8 Å². The van der Waals surface area contributed by atoms with Crippen LogP contribution < -0.4 is 11.5 Å². The lowest BCUT2D eigenvalue weighted by molar-refractivity contribution is 1.64. The van der Waals surface area contributed by atoms with Crippen molar-refractivity contribution in [2.24, 2.45) is 0 Å². The van der Waals surface area contributed by atoms with E-state index in [9.17, 15) is 0 Å². The van der Waals surface area contributed by atoms with Gasteiger partial charge in [0.1, 0.15) is 0 Å². The third kappa shape index (κ3) is 2.72. The summed E-state index contributed by atoms with van der Waals surface area (Å²) in [6.07, 6.45) is 1.70. The Labute approximate surface area is 96.0 Å². The van der Waals surface area contributed by atoms with Gasteiger partial charge in [-0.3, -0.25) is 0 Å². The topological polar surface area (TPSA) is 47.0 Å². The van der Waals surface area contributed by atoms with E-state index in [1.54, 1.807) is 6.20 Å². The molecule has 0 unspecified atom stereocenters. The fourth-order valence-electron chi connectivity index (χ4n) is 1.46. The average molecular weight is 223 g/mol. The Morgan fingerprint density at radius 3 is 2.40 bits per heavy atom. The van der Waals surface area contributed by atoms with Crippen LogP contribution in [0.1, 0.15) is 0 Å². The van der Waals surface area contributed by atoms with Crippen LogP contribution in [0.5, 0.6) is 0 Å². The van der Waals surface area contributed by atoms with E-state index in [2.05, 4.69) is 30.1 Å². The van der Waals surface area contributed by atoms with E-state index < -0.39 is 0 Å². The third-order valence-electron chi connectivity index (χ3n) is 2.05. The number of benzene rings is 2. The van der Waals surface area contributed by atoms with E-state index >= 15 is 0 Å². The van der Waals surface area contributed by atoms with Gasteiger partial charge in [0, 0.05) is 11.1 Å². The molecule has 2 nitrogen and oxygen atoms in total. The molecule has 0 saturated heterocycles. The zero-order chi connectivity index (χ0) is 9.10. The SMILES string of the molecule is C=CNc1cccc2ccccc12.Cl.N. The maximum atomic E-state index is 3.65. The molecule has 0 heterocycles. The molecule has 2 aromatic rings. The second kappa shape index (κ2) is 6.06. The zero-order valence-corrected chi connectivity index (χ0v) is 9.26. The van der Waals surface area contributed by atoms with Crippen molar-refractivity contribution >= 4 is 28.9 Å². The normalized spacial score (nSPS) is 8.53. The highest BCUT2D eigenvalue weighted by atomic mass is 35.5. The standard InChI is InChI=1S/C12H11N.ClH.H3N/c1-2-13-12-9-5-7-10-6-3-4-8-11(10)12;;/h2-9,13H,1H2;1H;1H3. The van der Waals surface area contributed by atoms with E-state index in [1.165, 1.54) is 10.8 Å². The molecule has 0 spiro atoms. The molecule has 0 aliphatic rings. The minimum absolute atomic E-state index is 0. The first kappa shape index (κ1) is 13.5. The molecule has 0 saturated carbocycles. The van der Waals surface area contributed by atoms with E-state index in [-0.39, 0.29) is 18.6 Å². The molecule has 15 heavy (non-hydrogen) atoms. The molecule has 0 atom stereocenters. The van der Waals surface area contributed by atoms with Crippen molar-refractivity contribution in [3.63, 3.8) is 0 Å². The van der Waals surface area contributed by atoms with Gasteiger partial charge in [0.05, 0.1) is 0 Å². The van der Waals surface area contributed by atoms with E-state index in [4.69, 9.17) is 0 Å². The van der Waals surface area contributed by atoms with Gasteiger partial charge in [-0.25, -0.2) is 0 Å². The summed E-state index contributed by atoms with van der Waals surface area (Å²) in [4.78, 5) is 0. The van der Waals surface area contributed by atoms with Crippen LogP contribution in [0, 0.1) is 0 Å². The Kier molecular flexibility index (Phi) is 5.45. The zero-order valence-electron chi connectivity index (χ0n) is 8.44. The lowest BCUT2D eigenvalue weighted by atomic mass is 10.1. The first-order valence-electron chi connectivity index (χ1n) is 4.27. The van der Waals surface area contributed by atoms with Crippen LogP contribution in [0.4, 0.5) is 5.69 Å². The van der Waals surface area contributed by atoms with Crippen molar-refractivity contribution < 1.29 is 0 Å². The molecule has 0 amide bonds. The van der Waals surface area contributed by atoms with E-state index in [0.29, 0.717) is 0 Å². The molecule has 0 aromatic heterocycles. The quantitative estimate of drug-likeness (QED) is 0.808. The largest absolute Gasteiger partial charge is 0.362 e. The average Bonchev–Trinajstić information content (AvgIpc) is 2.19. The van der Waals surface area contributed by atoms with Gasteiger partial charge in [0.15, 0.2) is 0 Å². The fraction of sp³-hybridized carbons (Fsp3) is 0. The molecular weight excluding hydrogens is 208 g/mol. The van der Waals surface area contributed by atoms with Gasteiger partial charge < -0.3 is 11.5 Å². The van der Waals surface area contributed by atoms with E-state index in [0.717, 1.165) is 5.69 Å². The second-order valence-electron chi connectivity index (χ2n) is 2.88. The van der Waals surface area contributed by atoms with Crippen molar-refractivity contribution in [1.82, 2.24) is 6.15 Å². The Bertz CT molecular complexity index is 435. The van der Waals surface area contributed by atoms with Gasteiger partial charge in [0.25, 0.3) is 0 Å². The summed E-state index contributed by atoms with van der Waals surface area (Å²) in [6.45, 7) is 3.65. The van der Waals surface area contributed by atoms with Crippen LogP contribution in [0.3, 0.4) is 0 Å². The van der Waals surface area contributed by atoms with E-state index in [1.807, 2.05) is 24.3 Å². The van der Waals surface area contributed by atoms with Crippen LogP contribution in [0.2, 0.25) is 0 Å². The minimum atomic E-state index is 0. The highest BCUT2D eigenvalue weighted by Gasteiger charge is 1.95. The number of fused-ring (bicyclic) bond motifs is 1. The molecule has 2 aromatic carbocycles. The minimum Gasteiger partial charge on any atom is -0.362 e. The first-order chi connectivity index (χ1) is 6.42. The van der Waals surface area contributed by atoms with Crippen LogP contribution in [-0.2, 0) is 0 Å². The molecule has 4 N–H and O–H groups in total. The summed E-state index contributed by atoms with van der Waals surface area (Å²) in [7, 11) is 0.